The number of benzene rings is 1. The monoisotopic (exact) mass is 314 g/mol. The van der Waals surface area contributed by atoms with E-state index in [1.165, 1.54) is 23.6 Å². The number of hydrogen-bond acceptors (Lipinski definition) is 4. The summed E-state index contributed by atoms with van der Waals surface area (Å²) in [5.74, 6) is -0.450. The maximum absolute atomic E-state index is 12.4. The van der Waals surface area contributed by atoms with Crippen LogP contribution in [0.5, 0.6) is 0 Å². The van der Waals surface area contributed by atoms with E-state index >= 15 is 0 Å². The van der Waals surface area contributed by atoms with E-state index in [0.717, 1.165) is 25.1 Å². The number of para-hydroxylation sites is 1. The Balaban J connectivity index is 1.92. The van der Waals surface area contributed by atoms with Gasteiger partial charge < -0.3 is 9.30 Å². The van der Waals surface area contributed by atoms with Crippen LogP contribution in [-0.2, 0) is 27.8 Å². The number of hydroxylamine groups is 2. The normalized spacial score (nSPS) is 29.3. The summed E-state index contributed by atoms with van der Waals surface area (Å²) in [5, 5.41) is 3.26. The van der Waals surface area contributed by atoms with Crippen LogP contribution in [0.2, 0.25) is 0 Å². The minimum absolute atomic E-state index is 0.0820. The van der Waals surface area contributed by atoms with Crippen molar-refractivity contribution in [1.29, 1.82) is 0 Å². The number of aryl methyl sites for hydroxylation is 1. The molecule has 1 aromatic heterocycles. The van der Waals surface area contributed by atoms with Gasteiger partial charge in [0.1, 0.15) is 12.0 Å². The van der Waals surface area contributed by atoms with Gasteiger partial charge in [0, 0.05) is 24.5 Å². The van der Waals surface area contributed by atoms with Crippen molar-refractivity contribution in [3.05, 3.63) is 35.5 Å². The summed E-state index contributed by atoms with van der Waals surface area (Å²) >= 11 is 0. The van der Waals surface area contributed by atoms with E-state index in [1.807, 2.05) is 5.06 Å². The van der Waals surface area contributed by atoms with Gasteiger partial charge in [0.25, 0.3) is 0 Å². The zero-order valence-electron chi connectivity index (χ0n) is 13.8. The maximum Gasteiger partial charge on any atom is 0.313 e. The van der Waals surface area contributed by atoms with Gasteiger partial charge in [-0.1, -0.05) is 25.1 Å². The highest BCUT2D eigenvalue weighted by Gasteiger charge is 2.51. The van der Waals surface area contributed by atoms with Crippen LogP contribution in [0.25, 0.3) is 10.9 Å². The molecule has 0 aliphatic carbocycles. The molecule has 4 atom stereocenters. The number of carbonyl (C=O) groups excluding carboxylic acids is 1. The van der Waals surface area contributed by atoms with Crippen molar-refractivity contribution in [3.63, 3.8) is 0 Å². The zero-order valence-corrected chi connectivity index (χ0v) is 13.8. The molecule has 0 saturated carbocycles. The number of esters is 1. The lowest BCUT2D eigenvalue weighted by Gasteiger charge is -2.24. The molecule has 0 radical (unpaired) electrons. The van der Waals surface area contributed by atoms with Crippen LogP contribution < -0.4 is 0 Å². The molecule has 2 bridgehead atoms. The number of hydrogen-bond donors (Lipinski definition) is 0. The van der Waals surface area contributed by atoms with Crippen LogP contribution in [0, 0.1) is 5.92 Å². The third-order valence-corrected chi connectivity index (χ3v) is 5.36. The quantitative estimate of drug-likeness (QED) is 0.799. The lowest BCUT2D eigenvalue weighted by Crippen LogP contribution is -2.37. The van der Waals surface area contributed by atoms with E-state index < -0.39 is 0 Å². The van der Waals surface area contributed by atoms with Crippen LogP contribution in [0.3, 0.4) is 0 Å². The molecule has 1 aromatic carbocycles. The minimum atomic E-state index is -0.271. The second-order valence-corrected chi connectivity index (χ2v) is 6.38. The highest BCUT2D eigenvalue weighted by molar-refractivity contribution is 5.86. The molecule has 3 heterocycles. The minimum Gasteiger partial charge on any atom is -0.469 e. The Kier molecular flexibility index (Phi) is 3.43. The van der Waals surface area contributed by atoms with Crippen molar-refractivity contribution in [2.45, 2.75) is 31.9 Å². The fraction of sp³-hybridized carbons (Fsp3) is 0.500. The van der Waals surface area contributed by atoms with Crippen molar-refractivity contribution in [2.75, 3.05) is 13.7 Å². The third kappa shape index (κ3) is 1.96. The largest absolute Gasteiger partial charge is 0.469 e. The summed E-state index contributed by atoms with van der Waals surface area (Å²) in [4.78, 5) is 18.6. The lowest BCUT2D eigenvalue weighted by molar-refractivity contribution is -0.163. The van der Waals surface area contributed by atoms with Crippen molar-refractivity contribution in [2.24, 2.45) is 13.0 Å². The van der Waals surface area contributed by atoms with Crippen molar-refractivity contribution in [1.82, 2.24) is 9.63 Å². The number of nitrogens with zero attached hydrogens (tertiary/aromatic N) is 2. The summed E-state index contributed by atoms with van der Waals surface area (Å²) < 4.78 is 7.28. The molecule has 2 aliphatic rings. The lowest BCUT2D eigenvalue weighted by atomic mass is 9.87. The van der Waals surface area contributed by atoms with E-state index in [0.29, 0.717) is 0 Å². The van der Waals surface area contributed by atoms with Crippen molar-refractivity contribution in [3.8, 4) is 0 Å². The average Bonchev–Trinajstić information content (AvgIpc) is 2.98. The van der Waals surface area contributed by atoms with Gasteiger partial charge in [0.05, 0.1) is 18.8 Å². The molecule has 0 spiro atoms. The predicted molar refractivity (Wildman–Crippen MR) is 86.7 cm³/mol. The Morgan fingerprint density at radius 1 is 1.39 bits per heavy atom. The first-order valence-electron chi connectivity index (χ1n) is 8.24. The fourth-order valence-electron chi connectivity index (χ4n) is 4.32. The van der Waals surface area contributed by atoms with Crippen LogP contribution in [0.1, 0.15) is 30.7 Å². The first kappa shape index (κ1) is 14.7. The Labute approximate surface area is 135 Å². The number of carbonyl (C=O) groups is 1. The van der Waals surface area contributed by atoms with Crippen LogP contribution >= 0.6 is 0 Å². The van der Waals surface area contributed by atoms with Gasteiger partial charge in [-0.15, -0.1) is 0 Å². The van der Waals surface area contributed by atoms with E-state index in [1.54, 1.807) is 0 Å². The van der Waals surface area contributed by atoms with E-state index in [-0.39, 0.29) is 24.0 Å². The smallest absolute Gasteiger partial charge is 0.313 e. The molecule has 122 valence electrons. The first-order valence-corrected chi connectivity index (χ1v) is 8.24. The molecule has 4 rings (SSSR count). The van der Waals surface area contributed by atoms with Gasteiger partial charge in [-0.05, 0) is 24.5 Å². The summed E-state index contributed by atoms with van der Waals surface area (Å²) in [6.07, 6.45) is 1.55. The van der Waals surface area contributed by atoms with Gasteiger partial charge in [-0.3, -0.25) is 9.63 Å². The highest BCUT2D eigenvalue weighted by Crippen LogP contribution is 2.46. The van der Waals surface area contributed by atoms with Gasteiger partial charge in [-0.25, -0.2) is 0 Å². The molecular formula is C18H22N2O3. The van der Waals surface area contributed by atoms with E-state index in [9.17, 15) is 4.79 Å². The van der Waals surface area contributed by atoms with Crippen LogP contribution in [0.4, 0.5) is 0 Å². The molecule has 2 aliphatic heterocycles. The topological polar surface area (TPSA) is 43.7 Å². The summed E-state index contributed by atoms with van der Waals surface area (Å²) in [6.45, 7) is 2.91. The number of aromatic nitrogens is 1. The van der Waals surface area contributed by atoms with Crippen molar-refractivity contribution >= 4 is 16.9 Å². The number of ether oxygens (including phenoxy) is 1. The summed E-state index contributed by atoms with van der Waals surface area (Å²) in [7, 11) is 3.52. The molecule has 1 fully saturated rings. The Hall–Kier alpha value is -1.85. The SMILES string of the molecule is CC[C@@H]1[C@H](C(=O)OC)[C@@H]2ON1CCc1c2n(C)c2ccccc12. The average molecular weight is 314 g/mol. The molecule has 0 N–H and O–H groups in total. The van der Waals surface area contributed by atoms with E-state index in [4.69, 9.17) is 9.57 Å². The maximum atomic E-state index is 12.4. The van der Waals surface area contributed by atoms with Gasteiger partial charge in [-0.2, -0.15) is 5.06 Å². The van der Waals surface area contributed by atoms with E-state index in [2.05, 4.69) is 42.8 Å². The molecule has 5 nitrogen and oxygen atoms in total. The third-order valence-electron chi connectivity index (χ3n) is 5.36. The molecular weight excluding hydrogens is 292 g/mol. The summed E-state index contributed by atoms with van der Waals surface area (Å²) in [6, 6.07) is 8.49. The fourth-order valence-corrected chi connectivity index (χ4v) is 4.32. The van der Waals surface area contributed by atoms with Crippen molar-refractivity contribution < 1.29 is 14.4 Å². The molecule has 23 heavy (non-hydrogen) atoms. The number of rotatable bonds is 2. The Bertz CT molecular complexity index is 767. The number of methoxy groups -OCH3 is 1. The Morgan fingerprint density at radius 3 is 2.91 bits per heavy atom. The van der Waals surface area contributed by atoms with Gasteiger partial charge in [0.2, 0.25) is 0 Å². The molecule has 2 aromatic rings. The molecule has 1 unspecified atom stereocenters. The highest BCUT2D eigenvalue weighted by atomic mass is 16.7. The number of fused-ring (bicyclic) bond motifs is 6. The first-order chi connectivity index (χ1) is 11.2. The zero-order chi connectivity index (χ0) is 16.1. The molecule has 0 amide bonds. The molecule has 5 heteroatoms. The summed E-state index contributed by atoms with van der Waals surface area (Å²) in [5.41, 5.74) is 3.62. The van der Waals surface area contributed by atoms with Gasteiger partial charge in [0.15, 0.2) is 0 Å². The van der Waals surface area contributed by atoms with Crippen LogP contribution in [-0.4, -0.2) is 35.3 Å². The second kappa shape index (κ2) is 5.35. The Morgan fingerprint density at radius 2 is 2.17 bits per heavy atom. The second-order valence-electron chi connectivity index (χ2n) is 6.38. The predicted octanol–water partition coefficient (Wildman–Crippen LogP) is 2.59. The van der Waals surface area contributed by atoms with Gasteiger partial charge >= 0.3 is 5.97 Å². The molecule has 1 saturated heterocycles. The standard InChI is InChI=1S/C18H22N2O3/c1-4-13-15(18(21)22-3)17-16-12(9-10-20(13)23-17)11-7-5-6-8-14(11)19(16)2/h5-8,13,15,17H,4,9-10H2,1-3H3/t13-,15+,17+/m1/s1. The van der Waals surface area contributed by atoms with Crippen LogP contribution in [0.15, 0.2) is 24.3 Å².